The van der Waals surface area contributed by atoms with E-state index in [4.69, 9.17) is 5.11 Å². The highest BCUT2D eigenvalue weighted by molar-refractivity contribution is 8.00. The van der Waals surface area contributed by atoms with Crippen molar-refractivity contribution in [1.82, 2.24) is 0 Å². The van der Waals surface area contributed by atoms with Crippen molar-refractivity contribution >= 4 is 35.0 Å². The van der Waals surface area contributed by atoms with Crippen molar-refractivity contribution in [2.75, 3.05) is 16.4 Å². The number of rotatable bonds is 3. The molecule has 1 aliphatic heterocycles. The summed E-state index contributed by atoms with van der Waals surface area (Å²) in [4.78, 5) is 23.6. The van der Waals surface area contributed by atoms with Crippen molar-refractivity contribution in [3.8, 4) is 0 Å². The molecule has 1 aromatic carbocycles. The van der Waals surface area contributed by atoms with Crippen molar-refractivity contribution in [1.29, 1.82) is 0 Å². The molecule has 1 heterocycles. The third kappa shape index (κ3) is 3.32. The van der Waals surface area contributed by atoms with Gasteiger partial charge in [-0.05, 0) is 37.5 Å². The van der Waals surface area contributed by atoms with Gasteiger partial charge in [-0.1, -0.05) is 6.42 Å². The summed E-state index contributed by atoms with van der Waals surface area (Å²) in [6.07, 6.45) is 3.35. The molecule has 2 unspecified atom stereocenters. The Kier molecular flexibility index (Phi) is 4.05. The lowest BCUT2D eigenvalue weighted by molar-refractivity contribution is -0.142. The molecule has 0 saturated heterocycles. The Bertz CT molecular complexity index is 576. The van der Waals surface area contributed by atoms with Crippen molar-refractivity contribution in [2.24, 2.45) is 5.92 Å². The van der Waals surface area contributed by atoms with Crippen molar-refractivity contribution < 1.29 is 14.7 Å². The minimum atomic E-state index is -0.699. The maximum atomic E-state index is 11.4. The predicted molar refractivity (Wildman–Crippen MR) is 82.8 cm³/mol. The molecule has 3 N–H and O–H groups in total. The van der Waals surface area contributed by atoms with Gasteiger partial charge in [-0.3, -0.25) is 9.59 Å². The lowest BCUT2D eigenvalue weighted by atomic mass is 9.85. The van der Waals surface area contributed by atoms with Crippen molar-refractivity contribution in [3.63, 3.8) is 0 Å². The molecule has 1 aromatic rings. The fourth-order valence-corrected chi connectivity index (χ4v) is 3.74. The van der Waals surface area contributed by atoms with Crippen LogP contribution in [0.15, 0.2) is 23.1 Å². The molecule has 2 atom stereocenters. The van der Waals surface area contributed by atoms with Crippen LogP contribution in [0.4, 0.5) is 11.4 Å². The quantitative estimate of drug-likeness (QED) is 0.800. The van der Waals surface area contributed by atoms with E-state index < -0.39 is 5.97 Å². The molecule has 0 bridgehead atoms. The summed E-state index contributed by atoms with van der Waals surface area (Å²) in [6, 6.07) is 6.11. The SMILES string of the molecule is O=C1CSc2ccc(NC3CCCC(C(=O)O)C3)cc2N1. The molecule has 1 saturated carbocycles. The van der Waals surface area contributed by atoms with E-state index in [1.54, 1.807) is 0 Å². The average molecular weight is 306 g/mol. The van der Waals surface area contributed by atoms with Gasteiger partial charge < -0.3 is 15.7 Å². The monoisotopic (exact) mass is 306 g/mol. The number of carboxylic acids is 1. The highest BCUT2D eigenvalue weighted by atomic mass is 32.2. The van der Waals surface area contributed by atoms with E-state index in [2.05, 4.69) is 10.6 Å². The van der Waals surface area contributed by atoms with Crippen LogP contribution in [-0.2, 0) is 9.59 Å². The van der Waals surface area contributed by atoms with Gasteiger partial charge >= 0.3 is 5.97 Å². The number of hydrogen-bond donors (Lipinski definition) is 3. The number of carbonyl (C=O) groups excluding carboxylic acids is 1. The zero-order valence-electron chi connectivity index (χ0n) is 11.6. The number of anilines is 2. The first-order valence-corrected chi connectivity index (χ1v) is 8.16. The second-order valence-corrected chi connectivity index (χ2v) is 6.61. The predicted octanol–water partition coefficient (Wildman–Crippen LogP) is 2.79. The molecule has 1 amide bonds. The molecule has 1 aliphatic carbocycles. The topological polar surface area (TPSA) is 78.4 Å². The number of aliphatic carboxylic acids is 1. The Morgan fingerprint density at radius 2 is 2.24 bits per heavy atom. The molecule has 2 aliphatic rings. The van der Waals surface area contributed by atoms with Gasteiger partial charge in [-0.15, -0.1) is 11.8 Å². The fourth-order valence-electron chi connectivity index (χ4n) is 2.95. The number of nitrogens with one attached hydrogen (secondary N) is 2. The Morgan fingerprint density at radius 3 is 3.05 bits per heavy atom. The van der Waals surface area contributed by atoms with Crippen LogP contribution in [0, 0.1) is 5.92 Å². The second-order valence-electron chi connectivity index (χ2n) is 5.59. The summed E-state index contributed by atoms with van der Waals surface area (Å²) in [5, 5.41) is 15.4. The van der Waals surface area contributed by atoms with E-state index >= 15 is 0 Å². The maximum absolute atomic E-state index is 11.4. The highest BCUT2D eigenvalue weighted by Crippen LogP contribution is 2.34. The summed E-state index contributed by atoms with van der Waals surface area (Å²) >= 11 is 1.54. The lowest BCUT2D eigenvalue weighted by Gasteiger charge is -2.28. The molecule has 112 valence electrons. The zero-order chi connectivity index (χ0) is 14.8. The van der Waals surface area contributed by atoms with E-state index in [1.807, 2.05) is 18.2 Å². The van der Waals surface area contributed by atoms with E-state index in [1.165, 1.54) is 11.8 Å². The van der Waals surface area contributed by atoms with E-state index in [9.17, 15) is 9.59 Å². The summed E-state index contributed by atoms with van der Waals surface area (Å²) in [6.45, 7) is 0. The molecule has 3 rings (SSSR count). The summed E-state index contributed by atoms with van der Waals surface area (Å²) in [5.41, 5.74) is 1.78. The Morgan fingerprint density at radius 1 is 1.38 bits per heavy atom. The van der Waals surface area contributed by atoms with Gasteiger partial charge in [0.1, 0.15) is 0 Å². The number of carboxylic acid groups (broad SMARTS) is 1. The maximum Gasteiger partial charge on any atom is 0.306 e. The highest BCUT2D eigenvalue weighted by Gasteiger charge is 2.27. The van der Waals surface area contributed by atoms with Crippen molar-refractivity contribution in [3.05, 3.63) is 18.2 Å². The lowest BCUT2D eigenvalue weighted by Crippen LogP contribution is -2.31. The van der Waals surface area contributed by atoms with Gasteiger partial charge in [-0.2, -0.15) is 0 Å². The molecule has 6 heteroatoms. The Labute approximate surface area is 127 Å². The van der Waals surface area contributed by atoms with Gasteiger partial charge in [0.15, 0.2) is 0 Å². The average Bonchev–Trinajstić information content (AvgIpc) is 2.47. The molecule has 0 aromatic heterocycles. The number of carbonyl (C=O) groups is 2. The van der Waals surface area contributed by atoms with Crippen LogP contribution < -0.4 is 10.6 Å². The third-order valence-corrected chi connectivity index (χ3v) is 5.08. The minimum absolute atomic E-state index is 0.0215. The largest absolute Gasteiger partial charge is 0.481 e. The summed E-state index contributed by atoms with van der Waals surface area (Å²) in [5.74, 6) is -0.462. The molecule has 0 spiro atoms. The number of amides is 1. The fraction of sp³-hybridized carbons (Fsp3) is 0.467. The first kappa shape index (κ1) is 14.3. The molecule has 1 fully saturated rings. The van der Waals surface area contributed by atoms with E-state index in [0.717, 1.165) is 35.5 Å². The van der Waals surface area contributed by atoms with E-state index in [-0.39, 0.29) is 17.9 Å². The Hall–Kier alpha value is -1.69. The van der Waals surface area contributed by atoms with Gasteiger partial charge in [0.05, 0.1) is 17.4 Å². The van der Waals surface area contributed by atoms with Crippen LogP contribution in [0.3, 0.4) is 0 Å². The Balaban J connectivity index is 1.69. The van der Waals surface area contributed by atoms with Crippen LogP contribution in [0.1, 0.15) is 25.7 Å². The summed E-state index contributed by atoms with van der Waals surface area (Å²) < 4.78 is 0. The van der Waals surface area contributed by atoms with Crippen LogP contribution in [-0.4, -0.2) is 28.8 Å². The van der Waals surface area contributed by atoms with Gasteiger partial charge in [0.2, 0.25) is 5.91 Å². The van der Waals surface area contributed by atoms with Crippen LogP contribution >= 0.6 is 11.8 Å². The summed E-state index contributed by atoms with van der Waals surface area (Å²) in [7, 11) is 0. The van der Waals surface area contributed by atoms with Crippen LogP contribution in [0.2, 0.25) is 0 Å². The molecule has 21 heavy (non-hydrogen) atoms. The first-order valence-electron chi connectivity index (χ1n) is 7.18. The zero-order valence-corrected chi connectivity index (χ0v) is 12.4. The van der Waals surface area contributed by atoms with Crippen LogP contribution in [0.25, 0.3) is 0 Å². The smallest absolute Gasteiger partial charge is 0.306 e. The third-order valence-electron chi connectivity index (χ3n) is 4.01. The standard InChI is InChI=1S/C15H18N2O3S/c18-14-8-21-13-5-4-11(7-12(13)17-14)16-10-3-1-2-9(6-10)15(19)20/h4-5,7,9-10,16H,1-3,6,8H2,(H,17,18)(H,19,20). The van der Waals surface area contributed by atoms with Gasteiger partial charge in [0.25, 0.3) is 0 Å². The van der Waals surface area contributed by atoms with Gasteiger partial charge in [-0.25, -0.2) is 0 Å². The first-order chi connectivity index (χ1) is 10.1. The number of thioether (sulfide) groups is 1. The molecule has 5 nitrogen and oxygen atoms in total. The number of hydrogen-bond acceptors (Lipinski definition) is 4. The normalized spacial score (nSPS) is 24.9. The van der Waals surface area contributed by atoms with Gasteiger partial charge in [0, 0.05) is 16.6 Å². The molecule has 0 radical (unpaired) electrons. The molecular formula is C15H18N2O3S. The van der Waals surface area contributed by atoms with Crippen LogP contribution in [0.5, 0.6) is 0 Å². The minimum Gasteiger partial charge on any atom is -0.481 e. The second kappa shape index (κ2) is 5.97. The molecular weight excluding hydrogens is 288 g/mol. The number of fused-ring (bicyclic) bond motifs is 1. The van der Waals surface area contributed by atoms with E-state index in [0.29, 0.717) is 12.2 Å². The number of benzene rings is 1. The van der Waals surface area contributed by atoms with Crippen molar-refractivity contribution in [2.45, 2.75) is 36.6 Å².